The first-order chi connectivity index (χ1) is 9.49. The largest absolute Gasteiger partial charge is 0.433 e. The zero-order chi connectivity index (χ0) is 14.6. The Labute approximate surface area is 117 Å². The molecular weight excluding hydrogens is 267 g/mol. The fourth-order valence-electron chi connectivity index (χ4n) is 2.50. The summed E-state index contributed by atoms with van der Waals surface area (Å²) in [5, 5.41) is 3.27. The van der Waals surface area contributed by atoms with Crippen LogP contribution in [0.1, 0.15) is 31.9 Å². The Morgan fingerprint density at radius 1 is 1.30 bits per heavy atom. The number of aromatic nitrogens is 1. The van der Waals surface area contributed by atoms with E-state index in [1.807, 2.05) is 0 Å². The second-order valence-corrected chi connectivity index (χ2v) is 5.19. The Balaban J connectivity index is 1.85. The van der Waals surface area contributed by atoms with Gasteiger partial charge in [-0.15, -0.1) is 0 Å². The zero-order valence-electron chi connectivity index (χ0n) is 11.6. The molecule has 0 amide bonds. The molecule has 1 saturated heterocycles. The van der Waals surface area contributed by atoms with Gasteiger partial charge in [-0.3, -0.25) is 0 Å². The molecule has 2 heterocycles. The molecule has 1 fully saturated rings. The Hall–Kier alpha value is -1.30. The fraction of sp³-hybridized carbons (Fsp3) is 0.643. The summed E-state index contributed by atoms with van der Waals surface area (Å²) >= 11 is 0. The third kappa shape index (κ3) is 4.10. The maximum Gasteiger partial charge on any atom is 0.433 e. The number of hydrogen-bond donors (Lipinski definition) is 1. The number of rotatable bonds is 4. The molecule has 6 heteroatoms. The van der Waals surface area contributed by atoms with Crippen LogP contribution in [0.4, 0.5) is 18.9 Å². The van der Waals surface area contributed by atoms with E-state index in [1.54, 1.807) is 0 Å². The minimum Gasteiger partial charge on any atom is -0.381 e. The van der Waals surface area contributed by atoms with Crippen molar-refractivity contribution in [2.45, 2.75) is 38.4 Å². The van der Waals surface area contributed by atoms with Gasteiger partial charge in [-0.25, -0.2) is 4.98 Å². The van der Waals surface area contributed by atoms with E-state index in [9.17, 15) is 13.2 Å². The van der Waals surface area contributed by atoms with Crippen LogP contribution in [0.25, 0.3) is 0 Å². The molecule has 0 spiro atoms. The molecule has 0 aliphatic carbocycles. The van der Waals surface area contributed by atoms with Gasteiger partial charge in [0.1, 0.15) is 5.69 Å². The number of nitrogens with one attached hydrogen (secondary N) is 1. The number of anilines is 1. The lowest BCUT2D eigenvalue weighted by molar-refractivity contribution is -0.141. The molecule has 1 aliphatic heterocycles. The standard InChI is InChI=1S/C14H20F3N3/c1-2-7-20-8-5-11(6-9-20)19-12-3-4-13(18-10-12)14(15,16)17/h3-4,10-11,19H,2,5-9H2,1H3. The van der Waals surface area contributed by atoms with Gasteiger partial charge in [0.2, 0.25) is 0 Å². The SMILES string of the molecule is CCCN1CCC(Nc2ccc(C(F)(F)F)nc2)CC1. The summed E-state index contributed by atoms with van der Waals surface area (Å²) in [5.74, 6) is 0. The Morgan fingerprint density at radius 2 is 2.00 bits per heavy atom. The summed E-state index contributed by atoms with van der Waals surface area (Å²) in [6, 6.07) is 2.80. The van der Waals surface area contributed by atoms with Crippen molar-refractivity contribution in [3.63, 3.8) is 0 Å². The van der Waals surface area contributed by atoms with E-state index in [0.29, 0.717) is 11.7 Å². The highest BCUT2D eigenvalue weighted by atomic mass is 19.4. The fourth-order valence-corrected chi connectivity index (χ4v) is 2.50. The molecule has 0 unspecified atom stereocenters. The third-order valence-corrected chi connectivity index (χ3v) is 3.55. The average Bonchev–Trinajstić information content (AvgIpc) is 2.41. The highest BCUT2D eigenvalue weighted by molar-refractivity contribution is 5.42. The molecule has 3 nitrogen and oxygen atoms in total. The van der Waals surface area contributed by atoms with Gasteiger partial charge in [-0.1, -0.05) is 6.92 Å². The van der Waals surface area contributed by atoms with Crippen LogP contribution in [0, 0.1) is 0 Å². The van der Waals surface area contributed by atoms with Crippen LogP contribution in [0.15, 0.2) is 18.3 Å². The van der Waals surface area contributed by atoms with E-state index >= 15 is 0 Å². The number of halogens is 3. The first-order valence-corrected chi connectivity index (χ1v) is 7.01. The van der Waals surface area contributed by atoms with Crippen molar-refractivity contribution >= 4 is 5.69 Å². The van der Waals surface area contributed by atoms with Crippen molar-refractivity contribution in [3.05, 3.63) is 24.0 Å². The van der Waals surface area contributed by atoms with Gasteiger partial charge >= 0.3 is 6.18 Å². The van der Waals surface area contributed by atoms with Crippen molar-refractivity contribution < 1.29 is 13.2 Å². The van der Waals surface area contributed by atoms with Crippen LogP contribution in [0.3, 0.4) is 0 Å². The van der Waals surface area contributed by atoms with Gasteiger partial charge in [-0.05, 0) is 37.9 Å². The molecule has 0 saturated carbocycles. The summed E-state index contributed by atoms with van der Waals surface area (Å²) < 4.78 is 37.2. The van der Waals surface area contributed by atoms with E-state index < -0.39 is 11.9 Å². The highest BCUT2D eigenvalue weighted by Crippen LogP contribution is 2.28. The maximum atomic E-state index is 12.4. The van der Waals surface area contributed by atoms with E-state index in [2.05, 4.69) is 22.1 Å². The van der Waals surface area contributed by atoms with Crippen molar-refractivity contribution in [2.24, 2.45) is 0 Å². The van der Waals surface area contributed by atoms with Gasteiger partial charge in [-0.2, -0.15) is 13.2 Å². The van der Waals surface area contributed by atoms with E-state index in [4.69, 9.17) is 0 Å². The molecule has 0 bridgehead atoms. The van der Waals surface area contributed by atoms with Gasteiger partial charge in [0.25, 0.3) is 0 Å². The van der Waals surface area contributed by atoms with Crippen molar-refractivity contribution in [1.29, 1.82) is 0 Å². The molecule has 20 heavy (non-hydrogen) atoms. The first kappa shape index (κ1) is 15.1. The molecular formula is C14H20F3N3. The Bertz CT molecular complexity index is 409. The lowest BCUT2D eigenvalue weighted by atomic mass is 10.0. The lowest BCUT2D eigenvalue weighted by Crippen LogP contribution is -2.39. The number of likely N-dealkylation sites (tertiary alicyclic amines) is 1. The minimum absolute atomic E-state index is 0.321. The predicted octanol–water partition coefficient (Wildman–Crippen LogP) is 3.39. The van der Waals surface area contributed by atoms with Crippen molar-refractivity contribution in [2.75, 3.05) is 25.0 Å². The Kier molecular flexibility index (Phi) is 4.86. The van der Waals surface area contributed by atoms with E-state index in [0.717, 1.165) is 45.0 Å². The quantitative estimate of drug-likeness (QED) is 0.920. The number of hydrogen-bond acceptors (Lipinski definition) is 3. The summed E-state index contributed by atoms with van der Waals surface area (Å²) in [6.45, 7) is 5.37. The second-order valence-electron chi connectivity index (χ2n) is 5.19. The van der Waals surface area contributed by atoms with Gasteiger partial charge < -0.3 is 10.2 Å². The lowest BCUT2D eigenvalue weighted by Gasteiger charge is -2.32. The molecule has 1 aliphatic rings. The number of pyridine rings is 1. The van der Waals surface area contributed by atoms with Crippen LogP contribution in [0.5, 0.6) is 0 Å². The van der Waals surface area contributed by atoms with Gasteiger partial charge in [0.05, 0.1) is 11.9 Å². The number of alkyl halides is 3. The summed E-state index contributed by atoms with van der Waals surface area (Å²) in [6.07, 6.45) is 0.0776. The summed E-state index contributed by atoms with van der Waals surface area (Å²) in [7, 11) is 0. The smallest absolute Gasteiger partial charge is 0.381 e. The average molecular weight is 287 g/mol. The minimum atomic E-state index is -4.37. The van der Waals surface area contributed by atoms with Crippen LogP contribution < -0.4 is 5.32 Å². The Morgan fingerprint density at radius 3 is 2.50 bits per heavy atom. The molecule has 0 aromatic carbocycles. The maximum absolute atomic E-state index is 12.4. The van der Waals surface area contributed by atoms with Gasteiger partial charge in [0, 0.05) is 19.1 Å². The van der Waals surface area contributed by atoms with Crippen molar-refractivity contribution in [3.8, 4) is 0 Å². The first-order valence-electron chi connectivity index (χ1n) is 7.01. The van der Waals surface area contributed by atoms with Crippen LogP contribution in [-0.2, 0) is 6.18 Å². The predicted molar refractivity (Wildman–Crippen MR) is 72.6 cm³/mol. The molecule has 1 aromatic heterocycles. The molecule has 2 rings (SSSR count). The monoisotopic (exact) mass is 287 g/mol. The van der Waals surface area contributed by atoms with E-state index in [1.165, 1.54) is 12.3 Å². The van der Waals surface area contributed by atoms with Crippen LogP contribution in [-0.4, -0.2) is 35.6 Å². The molecule has 0 radical (unpaired) electrons. The molecule has 0 atom stereocenters. The normalized spacial score (nSPS) is 18.2. The number of piperidine rings is 1. The molecule has 112 valence electrons. The summed E-state index contributed by atoms with van der Waals surface area (Å²) in [4.78, 5) is 5.88. The molecule has 1 N–H and O–H groups in total. The highest BCUT2D eigenvalue weighted by Gasteiger charge is 2.32. The summed E-state index contributed by atoms with van der Waals surface area (Å²) in [5.41, 5.74) is -0.187. The zero-order valence-corrected chi connectivity index (χ0v) is 11.6. The van der Waals surface area contributed by atoms with E-state index in [-0.39, 0.29) is 0 Å². The van der Waals surface area contributed by atoms with Crippen molar-refractivity contribution in [1.82, 2.24) is 9.88 Å². The topological polar surface area (TPSA) is 28.2 Å². The molecule has 1 aromatic rings. The van der Waals surface area contributed by atoms with Crippen LogP contribution >= 0.6 is 0 Å². The van der Waals surface area contributed by atoms with Crippen LogP contribution in [0.2, 0.25) is 0 Å². The number of nitrogens with zero attached hydrogens (tertiary/aromatic N) is 2. The third-order valence-electron chi connectivity index (χ3n) is 3.55. The second kappa shape index (κ2) is 6.43. The van der Waals surface area contributed by atoms with Gasteiger partial charge in [0.15, 0.2) is 0 Å².